The van der Waals surface area contributed by atoms with Crippen LogP contribution in [-0.4, -0.2) is 24.5 Å². The highest BCUT2D eigenvalue weighted by Crippen LogP contribution is 2.51. The maximum atomic E-state index is 14.0. The number of carbonyl (C=O) groups excluding carboxylic acids is 3. The van der Waals surface area contributed by atoms with Crippen LogP contribution in [0.15, 0.2) is 91.0 Å². The molecule has 5 heteroatoms. The number of nitrogens with one attached hydrogen (secondary N) is 1. The first-order valence-electron chi connectivity index (χ1n) is 12.2. The second-order valence-corrected chi connectivity index (χ2v) is 9.86. The molecule has 178 valence electrons. The monoisotopic (exact) mass is 482 g/mol. The van der Waals surface area contributed by atoms with Crippen LogP contribution >= 0.6 is 0 Å². The van der Waals surface area contributed by atoms with Crippen molar-refractivity contribution in [1.82, 2.24) is 0 Å². The highest BCUT2D eigenvalue weighted by atomic mass is 16.2. The standard InChI is InChI=1S/C32H22N2O3/c1-18-12-15-26-25(16-18)32(31(37)34(26)2)17-24(19-8-4-3-5-9-19)20-13-14-23-27(28(20)33-32)30(36)22-11-7-6-10-21(22)29(23)35/h3-17,33H,1-2H3/t32-/m1/s1. The Hall–Kier alpha value is -4.77. The van der Waals surface area contributed by atoms with E-state index in [0.717, 1.165) is 33.5 Å². The number of amides is 1. The summed E-state index contributed by atoms with van der Waals surface area (Å²) in [5.41, 5.74) is 5.97. The van der Waals surface area contributed by atoms with Gasteiger partial charge in [0.15, 0.2) is 17.1 Å². The van der Waals surface area contributed by atoms with Crippen LogP contribution in [0.2, 0.25) is 0 Å². The first kappa shape index (κ1) is 21.5. The lowest BCUT2D eigenvalue weighted by Gasteiger charge is -2.36. The number of nitrogens with zero attached hydrogens (tertiary/aromatic N) is 1. The molecule has 0 aromatic heterocycles. The van der Waals surface area contributed by atoms with Crippen LogP contribution in [-0.2, 0) is 10.3 Å². The van der Waals surface area contributed by atoms with Gasteiger partial charge in [0.1, 0.15) is 0 Å². The minimum absolute atomic E-state index is 0.139. The first-order valence-corrected chi connectivity index (χ1v) is 12.2. The summed E-state index contributed by atoms with van der Waals surface area (Å²) in [6, 6.07) is 26.3. The van der Waals surface area contributed by atoms with E-state index in [9.17, 15) is 14.4 Å². The first-order chi connectivity index (χ1) is 17.9. The minimum atomic E-state index is -1.22. The van der Waals surface area contributed by atoms with Gasteiger partial charge in [0.25, 0.3) is 5.91 Å². The van der Waals surface area contributed by atoms with Crippen molar-refractivity contribution >= 4 is 34.4 Å². The molecular weight excluding hydrogens is 460 g/mol. The Balaban J connectivity index is 1.56. The number of hydrogen-bond acceptors (Lipinski definition) is 4. The molecule has 2 heterocycles. The van der Waals surface area contributed by atoms with Crippen LogP contribution in [0.1, 0.15) is 54.1 Å². The van der Waals surface area contributed by atoms with Gasteiger partial charge in [-0.2, -0.15) is 0 Å². The summed E-state index contributed by atoms with van der Waals surface area (Å²) in [6.07, 6.45) is 1.98. The largest absolute Gasteiger partial charge is 0.363 e. The molecule has 4 aromatic rings. The molecule has 0 fully saturated rings. The van der Waals surface area contributed by atoms with Gasteiger partial charge in [-0.25, -0.2) is 0 Å². The molecule has 7 rings (SSSR count). The fourth-order valence-electron chi connectivity index (χ4n) is 5.93. The number of benzene rings is 4. The van der Waals surface area contributed by atoms with Crippen molar-refractivity contribution in [2.75, 3.05) is 17.3 Å². The number of rotatable bonds is 1. The lowest BCUT2D eigenvalue weighted by Crippen LogP contribution is -2.46. The highest BCUT2D eigenvalue weighted by Gasteiger charge is 2.52. The van der Waals surface area contributed by atoms with Gasteiger partial charge in [-0.05, 0) is 36.3 Å². The lowest BCUT2D eigenvalue weighted by atomic mass is 9.76. The number of carbonyl (C=O) groups is 3. The van der Waals surface area contributed by atoms with E-state index in [0.29, 0.717) is 27.9 Å². The smallest absolute Gasteiger partial charge is 0.261 e. The zero-order chi connectivity index (χ0) is 25.5. The molecule has 0 saturated carbocycles. The van der Waals surface area contributed by atoms with Crippen LogP contribution in [0, 0.1) is 6.92 Å². The zero-order valence-corrected chi connectivity index (χ0v) is 20.3. The van der Waals surface area contributed by atoms with Crippen LogP contribution in [0.3, 0.4) is 0 Å². The second-order valence-electron chi connectivity index (χ2n) is 9.86. The summed E-state index contributed by atoms with van der Waals surface area (Å²) < 4.78 is 0. The SMILES string of the molecule is Cc1ccc2c(c1)[C@]1(C=C(c3ccccc3)c3ccc4c(c3N1)C(=O)c1ccccc1C4=O)C(=O)N2C. The third-order valence-corrected chi connectivity index (χ3v) is 7.73. The molecule has 1 amide bonds. The fourth-order valence-corrected chi connectivity index (χ4v) is 5.93. The maximum Gasteiger partial charge on any atom is 0.261 e. The zero-order valence-electron chi connectivity index (χ0n) is 20.3. The number of aryl methyl sites for hydroxylation is 1. The average Bonchev–Trinajstić information content (AvgIpc) is 3.12. The fraction of sp³-hybridized carbons (Fsp3) is 0.0938. The van der Waals surface area contributed by atoms with E-state index in [1.165, 1.54) is 0 Å². The van der Waals surface area contributed by atoms with Gasteiger partial charge < -0.3 is 10.2 Å². The molecule has 2 aliphatic heterocycles. The molecule has 1 N–H and O–H groups in total. The topological polar surface area (TPSA) is 66.5 Å². The normalized spacial score (nSPS) is 19.1. The highest BCUT2D eigenvalue weighted by molar-refractivity contribution is 6.31. The van der Waals surface area contributed by atoms with Crippen LogP contribution in [0.25, 0.3) is 5.57 Å². The molecule has 5 nitrogen and oxygen atoms in total. The van der Waals surface area contributed by atoms with Crippen LogP contribution < -0.4 is 10.2 Å². The predicted molar refractivity (Wildman–Crippen MR) is 143 cm³/mol. The van der Waals surface area contributed by atoms with Gasteiger partial charge in [-0.15, -0.1) is 0 Å². The van der Waals surface area contributed by atoms with Crippen LogP contribution in [0.4, 0.5) is 11.4 Å². The van der Waals surface area contributed by atoms with Crippen molar-refractivity contribution in [2.45, 2.75) is 12.5 Å². The molecule has 1 spiro atoms. The van der Waals surface area contributed by atoms with Gasteiger partial charge in [-0.3, -0.25) is 14.4 Å². The van der Waals surface area contributed by atoms with Crippen molar-refractivity contribution in [3.63, 3.8) is 0 Å². The van der Waals surface area contributed by atoms with E-state index in [2.05, 4.69) is 5.32 Å². The number of anilines is 2. The molecule has 0 radical (unpaired) electrons. The third-order valence-electron chi connectivity index (χ3n) is 7.73. The number of fused-ring (bicyclic) bond motifs is 6. The Labute approximate surface area is 214 Å². The molecule has 3 aliphatic rings. The number of ketones is 2. The van der Waals surface area contributed by atoms with E-state index in [1.807, 2.05) is 67.6 Å². The van der Waals surface area contributed by atoms with Gasteiger partial charge in [0.05, 0.1) is 11.3 Å². The van der Waals surface area contributed by atoms with E-state index in [1.54, 1.807) is 42.3 Å². The molecule has 0 unspecified atom stereocenters. The van der Waals surface area contributed by atoms with E-state index < -0.39 is 5.54 Å². The molecule has 0 saturated heterocycles. The van der Waals surface area contributed by atoms with Crippen molar-refractivity contribution in [3.8, 4) is 0 Å². The molecule has 1 atom stereocenters. The van der Waals surface area contributed by atoms with Gasteiger partial charge in [-0.1, -0.05) is 78.4 Å². The Morgan fingerprint density at radius 3 is 2.16 bits per heavy atom. The summed E-state index contributed by atoms with van der Waals surface area (Å²) in [4.78, 5) is 43.1. The predicted octanol–water partition coefficient (Wildman–Crippen LogP) is 5.50. The third kappa shape index (κ3) is 2.77. The Morgan fingerprint density at radius 1 is 0.730 bits per heavy atom. The molecule has 0 bridgehead atoms. The maximum absolute atomic E-state index is 14.0. The van der Waals surface area contributed by atoms with Gasteiger partial charge >= 0.3 is 0 Å². The quantitative estimate of drug-likeness (QED) is 0.343. The second kappa shape index (κ2) is 7.37. The van der Waals surface area contributed by atoms with E-state index >= 15 is 0 Å². The Morgan fingerprint density at radius 2 is 1.41 bits per heavy atom. The van der Waals surface area contributed by atoms with E-state index in [4.69, 9.17) is 0 Å². The molecule has 4 aromatic carbocycles. The van der Waals surface area contributed by atoms with Crippen molar-refractivity contribution in [3.05, 3.63) is 136 Å². The van der Waals surface area contributed by atoms with Gasteiger partial charge in [0.2, 0.25) is 0 Å². The molecule has 37 heavy (non-hydrogen) atoms. The average molecular weight is 483 g/mol. The molecule has 1 aliphatic carbocycles. The molecular formula is C32H22N2O3. The minimum Gasteiger partial charge on any atom is -0.363 e. The van der Waals surface area contributed by atoms with Crippen molar-refractivity contribution in [2.24, 2.45) is 0 Å². The van der Waals surface area contributed by atoms with Crippen molar-refractivity contribution < 1.29 is 14.4 Å². The van der Waals surface area contributed by atoms with Crippen LogP contribution in [0.5, 0.6) is 0 Å². The summed E-state index contributed by atoms with van der Waals surface area (Å²) >= 11 is 0. The summed E-state index contributed by atoms with van der Waals surface area (Å²) in [5.74, 6) is -0.548. The summed E-state index contributed by atoms with van der Waals surface area (Å²) in [7, 11) is 1.77. The Bertz CT molecular complexity index is 1730. The lowest BCUT2D eigenvalue weighted by molar-refractivity contribution is -0.120. The number of hydrogen-bond donors (Lipinski definition) is 1. The number of likely N-dealkylation sites (N-methyl/N-ethyl adjacent to an activating group) is 1. The van der Waals surface area contributed by atoms with E-state index in [-0.39, 0.29) is 17.5 Å². The van der Waals surface area contributed by atoms with Crippen molar-refractivity contribution in [1.29, 1.82) is 0 Å². The Kier molecular flexibility index (Phi) is 4.28. The summed E-state index contributed by atoms with van der Waals surface area (Å²) in [6.45, 7) is 2.00. The van der Waals surface area contributed by atoms with Gasteiger partial charge in [0, 0.05) is 40.6 Å². The summed E-state index contributed by atoms with van der Waals surface area (Å²) in [5, 5.41) is 3.50.